The fourth-order valence-corrected chi connectivity index (χ4v) is 3.13. The number of piperidine rings is 1. The van der Waals surface area contributed by atoms with E-state index in [9.17, 15) is 0 Å². The summed E-state index contributed by atoms with van der Waals surface area (Å²) in [4.78, 5) is 8.24. The van der Waals surface area contributed by atoms with E-state index >= 15 is 0 Å². The highest BCUT2D eigenvalue weighted by atomic mass is 35.5. The second-order valence-electron chi connectivity index (χ2n) is 5.11. The van der Waals surface area contributed by atoms with Gasteiger partial charge in [-0.2, -0.15) is 0 Å². The number of aromatic nitrogens is 2. The van der Waals surface area contributed by atoms with Crippen molar-refractivity contribution in [1.82, 2.24) is 15.3 Å². The van der Waals surface area contributed by atoms with Gasteiger partial charge in [-0.3, -0.25) is 0 Å². The zero-order chi connectivity index (χ0) is 12.6. The van der Waals surface area contributed by atoms with E-state index in [1.165, 1.54) is 0 Å². The molecule has 0 spiro atoms. The summed E-state index contributed by atoms with van der Waals surface area (Å²) in [6, 6.07) is 5.91. The topological polar surface area (TPSA) is 40.7 Å². The van der Waals surface area contributed by atoms with Gasteiger partial charge in [0.25, 0.3) is 0 Å². The van der Waals surface area contributed by atoms with E-state index in [0.29, 0.717) is 0 Å². The molecular formula is C14H18ClN3. The molecule has 18 heavy (non-hydrogen) atoms. The smallest absolute Gasteiger partial charge is 0.113 e. The van der Waals surface area contributed by atoms with Crippen LogP contribution in [0.1, 0.15) is 32.0 Å². The SMILES string of the molecule is CCC1(c2nc3c(Cl)cccc3[nH]2)CCNCC1. The van der Waals surface area contributed by atoms with Crippen molar-refractivity contribution in [3.05, 3.63) is 29.0 Å². The molecule has 0 radical (unpaired) electrons. The molecule has 0 bridgehead atoms. The standard InChI is InChI=1S/C14H18ClN3/c1-2-14(6-8-16-9-7-14)13-17-11-5-3-4-10(15)12(11)18-13/h3-5,16H,2,6-9H2,1H3,(H,17,18). The van der Waals surface area contributed by atoms with Crippen LogP contribution in [0.15, 0.2) is 18.2 Å². The van der Waals surface area contributed by atoms with Gasteiger partial charge in [0.05, 0.1) is 10.5 Å². The molecule has 0 unspecified atom stereocenters. The van der Waals surface area contributed by atoms with E-state index in [1.54, 1.807) is 0 Å². The molecule has 1 saturated heterocycles. The van der Waals surface area contributed by atoms with Crippen molar-refractivity contribution >= 4 is 22.6 Å². The summed E-state index contributed by atoms with van der Waals surface area (Å²) >= 11 is 6.20. The van der Waals surface area contributed by atoms with Gasteiger partial charge in [0.2, 0.25) is 0 Å². The predicted octanol–water partition coefficient (Wildman–Crippen LogP) is 3.25. The van der Waals surface area contributed by atoms with Gasteiger partial charge in [0.1, 0.15) is 11.3 Å². The second-order valence-corrected chi connectivity index (χ2v) is 5.51. The number of imidazole rings is 1. The third kappa shape index (κ3) is 1.82. The van der Waals surface area contributed by atoms with Crippen molar-refractivity contribution in [2.45, 2.75) is 31.6 Å². The van der Waals surface area contributed by atoms with Crippen molar-refractivity contribution in [2.24, 2.45) is 0 Å². The lowest BCUT2D eigenvalue weighted by Crippen LogP contribution is -2.40. The Bertz CT molecular complexity index is 555. The van der Waals surface area contributed by atoms with Crippen LogP contribution in [0.25, 0.3) is 11.0 Å². The first-order valence-corrected chi connectivity index (χ1v) is 6.98. The molecule has 0 saturated carbocycles. The van der Waals surface area contributed by atoms with Crippen LogP contribution in [0, 0.1) is 0 Å². The highest BCUT2D eigenvalue weighted by Gasteiger charge is 2.35. The van der Waals surface area contributed by atoms with Gasteiger partial charge >= 0.3 is 0 Å². The summed E-state index contributed by atoms with van der Waals surface area (Å²) in [5.41, 5.74) is 2.14. The quantitative estimate of drug-likeness (QED) is 0.873. The lowest BCUT2D eigenvalue weighted by Gasteiger charge is -2.35. The molecule has 0 aliphatic carbocycles. The molecule has 96 valence electrons. The number of fused-ring (bicyclic) bond motifs is 1. The van der Waals surface area contributed by atoms with E-state index in [4.69, 9.17) is 16.6 Å². The Labute approximate surface area is 112 Å². The second kappa shape index (κ2) is 4.56. The Morgan fingerprint density at radius 2 is 2.11 bits per heavy atom. The Morgan fingerprint density at radius 1 is 1.33 bits per heavy atom. The monoisotopic (exact) mass is 263 g/mol. The third-order valence-electron chi connectivity index (χ3n) is 4.20. The molecule has 3 rings (SSSR count). The van der Waals surface area contributed by atoms with Crippen LogP contribution in [0.4, 0.5) is 0 Å². The van der Waals surface area contributed by atoms with Crippen LogP contribution in [0.5, 0.6) is 0 Å². The fourth-order valence-electron chi connectivity index (χ4n) is 2.91. The number of halogens is 1. The third-order valence-corrected chi connectivity index (χ3v) is 4.51. The number of hydrogen-bond acceptors (Lipinski definition) is 2. The van der Waals surface area contributed by atoms with E-state index in [0.717, 1.165) is 54.2 Å². The average molecular weight is 264 g/mol. The van der Waals surface area contributed by atoms with Gasteiger partial charge in [0.15, 0.2) is 0 Å². The van der Waals surface area contributed by atoms with Gasteiger partial charge in [-0.15, -0.1) is 0 Å². The molecule has 0 atom stereocenters. The highest BCUT2D eigenvalue weighted by molar-refractivity contribution is 6.34. The Morgan fingerprint density at radius 3 is 2.78 bits per heavy atom. The van der Waals surface area contributed by atoms with Crippen LogP contribution in [-0.4, -0.2) is 23.1 Å². The van der Waals surface area contributed by atoms with Crippen LogP contribution >= 0.6 is 11.6 Å². The zero-order valence-electron chi connectivity index (χ0n) is 10.6. The van der Waals surface area contributed by atoms with Gasteiger partial charge in [0, 0.05) is 5.41 Å². The number of rotatable bonds is 2. The summed E-state index contributed by atoms with van der Waals surface area (Å²) in [6.07, 6.45) is 3.40. The first kappa shape index (κ1) is 12.0. The molecule has 2 aromatic rings. The van der Waals surface area contributed by atoms with Crippen LogP contribution in [0.3, 0.4) is 0 Å². The molecule has 2 heterocycles. The molecule has 1 aliphatic rings. The van der Waals surface area contributed by atoms with Gasteiger partial charge < -0.3 is 10.3 Å². The van der Waals surface area contributed by atoms with Crippen molar-refractivity contribution in [3.63, 3.8) is 0 Å². The Hall–Kier alpha value is -1.06. The lowest BCUT2D eigenvalue weighted by atomic mass is 9.76. The number of aromatic amines is 1. The van der Waals surface area contributed by atoms with Gasteiger partial charge in [-0.05, 0) is 44.5 Å². The van der Waals surface area contributed by atoms with Crippen molar-refractivity contribution < 1.29 is 0 Å². The van der Waals surface area contributed by atoms with Crippen LogP contribution < -0.4 is 5.32 Å². The highest BCUT2D eigenvalue weighted by Crippen LogP contribution is 2.36. The summed E-state index contributed by atoms with van der Waals surface area (Å²) in [5, 5.41) is 4.15. The number of nitrogens with zero attached hydrogens (tertiary/aromatic N) is 1. The number of nitrogens with one attached hydrogen (secondary N) is 2. The van der Waals surface area contributed by atoms with Gasteiger partial charge in [-0.25, -0.2) is 4.98 Å². The number of hydrogen-bond donors (Lipinski definition) is 2. The molecule has 1 aromatic carbocycles. The number of H-pyrrole nitrogens is 1. The normalized spacial score (nSPS) is 19.2. The van der Waals surface area contributed by atoms with Gasteiger partial charge in [-0.1, -0.05) is 24.6 Å². The average Bonchev–Trinajstić information content (AvgIpc) is 2.85. The first-order valence-electron chi connectivity index (χ1n) is 6.61. The molecule has 2 N–H and O–H groups in total. The molecule has 0 amide bonds. The Kier molecular flexibility index (Phi) is 3.04. The molecular weight excluding hydrogens is 246 g/mol. The Balaban J connectivity index is 2.09. The van der Waals surface area contributed by atoms with E-state index in [1.807, 2.05) is 18.2 Å². The lowest BCUT2D eigenvalue weighted by molar-refractivity contribution is 0.285. The van der Waals surface area contributed by atoms with Crippen molar-refractivity contribution in [1.29, 1.82) is 0 Å². The van der Waals surface area contributed by atoms with E-state index in [2.05, 4.69) is 17.2 Å². The predicted molar refractivity (Wildman–Crippen MR) is 75.2 cm³/mol. The maximum atomic E-state index is 6.20. The minimum absolute atomic E-state index is 0.188. The summed E-state index contributed by atoms with van der Waals surface area (Å²) in [7, 11) is 0. The maximum absolute atomic E-state index is 6.20. The minimum Gasteiger partial charge on any atom is -0.341 e. The molecule has 3 nitrogen and oxygen atoms in total. The zero-order valence-corrected chi connectivity index (χ0v) is 11.3. The van der Waals surface area contributed by atoms with Crippen molar-refractivity contribution in [3.8, 4) is 0 Å². The molecule has 1 aromatic heterocycles. The van der Waals surface area contributed by atoms with Crippen molar-refractivity contribution in [2.75, 3.05) is 13.1 Å². The molecule has 4 heteroatoms. The molecule has 1 aliphatic heterocycles. The number of para-hydroxylation sites is 1. The fraction of sp³-hybridized carbons (Fsp3) is 0.500. The minimum atomic E-state index is 0.188. The first-order chi connectivity index (χ1) is 8.75. The molecule has 1 fully saturated rings. The largest absolute Gasteiger partial charge is 0.341 e. The van der Waals surface area contributed by atoms with E-state index in [-0.39, 0.29) is 5.41 Å². The van der Waals surface area contributed by atoms with E-state index < -0.39 is 0 Å². The summed E-state index contributed by atoms with van der Waals surface area (Å²) in [5.74, 6) is 1.11. The van der Waals surface area contributed by atoms with Crippen LogP contribution in [-0.2, 0) is 5.41 Å². The summed E-state index contributed by atoms with van der Waals surface area (Å²) < 4.78 is 0. The van der Waals surface area contributed by atoms with Crippen LogP contribution in [0.2, 0.25) is 5.02 Å². The maximum Gasteiger partial charge on any atom is 0.113 e. The number of benzene rings is 1. The summed E-state index contributed by atoms with van der Waals surface area (Å²) in [6.45, 7) is 4.39.